The smallest absolute Gasteiger partial charge is 0.409 e. The molecule has 0 unspecified atom stereocenters. The first-order valence-electron chi connectivity index (χ1n) is 10.0. The fraction of sp³-hybridized carbons (Fsp3) is 0.381. The maximum absolute atomic E-state index is 12.8. The van der Waals surface area contributed by atoms with E-state index in [-0.39, 0.29) is 34.9 Å². The van der Waals surface area contributed by atoms with Crippen molar-refractivity contribution in [3.05, 3.63) is 45.8 Å². The second-order valence-corrected chi connectivity index (χ2v) is 10.3. The first kappa shape index (κ1) is 23.7. The van der Waals surface area contributed by atoms with E-state index in [1.807, 2.05) is 0 Å². The van der Waals surface area contributed by atoms with Gasteiger partial charge in [-0.3, -0.25) is 4.79 Å². The molecule has 1 aliphatic heterocycles. The molecule has 0 saturated carbocycles. The van der Waals surface area contributed by atoms with Crippen LogP contribution in [-0.4, -0.2) is 57.3 Å². The Hall–Kier alpha value is -2.92. The van der Waals surface area contributed by atoms with Gasteiger partial charge in [-0.05, 0) is 43.2 Å². The lowest BCUT2D eigenvalue weighted by Gasteiger charge is -2.25. The van der Waals surface area contributed by atoms with E-state index in [4.69, 9.17) is 9.47 Å². The summed E-state index contributed by atoms with van der Waals surface area (Å²) in [4.78, 5) is 39.8. The fourth-order valence-corrected chi connectivity index (χ4v) is 5.48. The number of hydrogen-bond donors (Lipinski definition) is 1. The zero-order chi connectivity index (χ0) is 23.5. The van der Waals surface area contributed by atoms with Crippen LogP contribution in [-0.2, 0) is 32.3 Å². The van der Waals surface area contributed by atoms with Crippen molar-refractivity contribution >= 4 is 44.1 Å². The molecule has 0 aliphatic carbocycles. The number of amides is 2. The summed E-state index contributed by atoms with van der Waals surface area (Å²) >= 11 is 1.20. The molecule has 32 heavy (non-hydrogen) atoms. The predicted molar refractivity (Wildman–Crippen MR) is 119 cm³/mol. The number of nitrogens with one attached hydrogen (secondary N) is 1. The largest absolute Gasteiger partial charge is 0.462 e. The van der Waals surface area contributed by atoms with Gasteiger partial charge >= 0.3 is 12.1 Å². The number of fused-ring (bicyclic) bond motifs is 1. The summed E-state index contributed by atoms with van der Waals surface area (Å²) in [6.07, 6.45) is -0.0384. The van der Waals surface area contributed by atoms with E-state index in [0.717, 1.165) is 10.4 Å². The van der Waals surface area contributed by atoms with Gasteiger partial charge in [0.1, 0.15) is 5.00 Å². The van der Waals surface area contributed by atoms with Crippen molar-refractivity contribution in [1.82, 2.24) is 4.90 Å². The molecule has 172 valence electrons. The standard InChI is InChI=1S/C21H24N2O7S2/c1-4-30-20(25)17-15-10-11-23(21(26)29-3)12-16(15)31-19(17)22-18(24)13-6-8-14(9-7-13)32(27,28)5-2/h6-9H,4-5,10-12H2,1-3H3,(H,22,24). The zero-order valence-corrected chi connectivity index (χ0v) is 19.6. The van der Waals surface area contributed by atoms with Gasteiger partial charge in [0.15, 0.2) is 9.84 Å². The first-order valence-corrected chi connectivity index (χ1v) is 12.5. The van der Waals surface area contributed by atoms with Crippen molar-refractivity contribution in [3.63, 3.8) is 0 Å². The number of thiophene rings is 1. The number of carbonyl (C=O) groups is 3. The third-order valence-corrected chi connectivity index (χ3v) is 7.93. The summed E-state index contributed by atoms with van der Waals surface area (Å²) in [6.45, 7) is 4.06. The highest BCUT2D eigenvalue weighted by atomic mass is 32.2. The maximum atomic E-state index is 12.8. The molecule has 0 bridgehead atoms. The highest BCUT2D eigenvalue weighted by molar-refractivity contribution is 7.91. The molecule has 0 saturated heterocycles. The Kier molecular flexibility index (Phi) is 7.19. The van der Waals surface area contributed by atoms with Gasteiger partial charge in [-0.2, -0.15) is 0 Å². The van der Waals surface area contributed by atoms with Crippen LogP contribution in [0.4, 0.5) is 9.80 Å². The molecule has 3 rings (SSSR count). The lowest BCUT2D eigenvalue weighted by Crippen LogP contribution is -2.35. The van der Waals surface area contributed by atoms with Crippen molar-refractivity contribution in [2.45, 2.75) is 31.7 Å². The van der Waals surface area contributed by atoms with Crippen LogP contribution in [0.5, 0.6) is 0 Å². The summed E-state index contributed by atoms with van der Waals surface area (Å²) in [5.41, 5.74) is 1.28. The quantitative estimate of drug-likeness (QED) is 0.631. The molecule has 1 aliphatic rings. The Balaban J connectivity index is 1.90. The maximum Gasteiger partial charge on any atom is 0.409 e. The molecule has 0 radical (unpaired) electrons. The number of nitrogens with zero attached hydrogens (tertiary/aromatic N) is 1. The number of ether oxygens (including phenoxy) is 2. The number of benzene rings is 1. The third kappa shape index (κ3) is 4.78. The Morgan fingerprint density at radius 3 is 2.44 bits per heavy atom. The summed E-state index contributed by atoms with van der Waals surface area (Å²) in [6, 6.07) is 5.62. The first-order chi connectivity index (χ1) is 15.2. The summed E-state index contributed by atoms with van der Waals surface area (Å²) in [5.74, 6) is -1.07. The van der Waals surface area contributed by atoms with E-state index in [0.29, 0.717) is 18.0 Å². The molecule has 2 aromatic rings. The third-order valence-electron chi connectivity index (χ3n) is 5.05. The number of hydrogen-bond acceptors (Lipinski definition) is 8. The minimum absolute atomic E-state index is 0.0369. The predicted octanol–water partition coefficient (Wildman–Crippen LogP) is 3.10. The van der Waals surface area contributed by atoms with E-state index in [9.17, 15) is 22.8 Å². The number of rotatable bonds is 6. The molecular weight excluding hydrogens is 456 g/mol. The van der Waals surface area contributed by atoms with Gasteiger partial charge in [-0.25, -0.2) is 18.0 Å². The summed E-state index contributed by atoms with van der Waals surface area (Å²) < 4.78 is 33.9. The Morgan fingerprint density at radius 1 is 1.16 bits per heavy atom. The molecule has 1 aromatic heterocycles. The van der Waals surface area contributed by atoms with Crippen LogP contribution in [0.25, 0.3) is 0 Å². The molecular formula is C21H24N2O7S2. The van der Waals surface area contributed by atoms with Gasteiger partial charge < -0.3 is 19.7 Å². The average molecular weight is 481 g/mol. The molecule has 9 nitrogen and oxygen atoms in total. The van der Waals surface area contributed by atoms with Gasteiger partial charge in [-0.1, -0.05) is 6.92 Å². The van der Waals surface area contributed by atoms with E-state index in [1.54, 1.807) is 13.8 Å². The minimum atomic E-state index is -3.37. The van der Waals surface area contributed by atoms with Gasteiger partial charge in [-0.15, -0.1) is 11.3 Å². The van der Waals surface area contributed by atoms with Crippen molar-refractivity contribution < 1.29 is 32.3 Å². The zero-order valence-electron chi connectivity index (χ0n) is 18.0. The summed E-state index contributed by atoms with van der Waals surface area (Å²) in [7, 11) is -2.07. The second kappa shape index (κ2) is 9.70. The van der Waals surface area contributed by atoms with Crippen molar-refractivity contribution in [2.75, 3.05) is 31.3 Å². The van der Waals surface area contributed by atoms with Gasteiger partial charge in [0.05, 0.1) is 36.5 Å². The molecule has 1 N–H and O–H groups in total. The average Bonchev–Trinajstić information content (AvgIpc) is 3.15. The fourth-order valence-electron chi connectivity index (χ4n) is 3.35. The molecule has 1 aromatic carbocycles. The SMILES string of the molecule is CCOC(=O)c1c(NC(=O)c2ccc(S(=O)(=O)CC)cc2)sc2c1CCN(C(=O)OC)C2. The van der Waals surface area contributed by atoms with Crippen LogP contribution in [0.3, 0.4) is 0 Å². The van der Waals surface area contributed by atoms with Crippen LogP contribution in [0, 0.1) is 0 Å². The van der Waals surface area contributed by atoms with Crippen LogP contribution >= 0.6 is 11.3 Å². The highest BCUT2D eigenvalue weighted by Crippen LogP contribution is 2.38. The Morgan fingerprint density at radius 2 is 1.84 bits per heavy atom. The van der Waals surface area contributed by atoms with Gasteiger partial charge in [0.25, 0.3) is 5.91 Å². The highest BCUT2D eigenvalue weighted by Gasteiger charge is 2.31. The number of esters is 1. The van der Waals surface area contributed by atoms with E-state index in [1.165, 1.54) is 47.6 Å². The molecule has 2 amide bonds. The number of anilines is 1. The molecule has 11 heteroatoms. The topological polar surface area (TPSA) is 119 Å². The van der Waals surface area contributed by atoms with Crippen LogP contribution < -0.4 is 5.32 Å². The van der Waals surface area contributed by atoms with E-state index < -0.39 is 27.8 Å². The number of sulfone groups is 1. The summed E-state index contributed by atoms with van der Waals surface area (Å²) in [5, 5.41) is 3.08. The lowest BCUT2D eigenvalue weighted by molar-refractivity contribution is 0.0526. The van der Waals surface area contributed by atoms with Gasteiger partial charge in [0, 0.05) is 17.0 Å². The minimum Gasteiger partial charge on any atom is -0.462 e. The molecule has 0 atom stereocenters. The van der Waals surface area contributed by atoms with E-state index in [2.05, 4.69) is 5.32 Å². The molecule has 0 spiro atoms. The van der Waals surface area contributed by atoms with Crippen LogP contribution in [0.2, 0.25) is 0 Å². The number of carbonyl (C=O) groups excluding carboxylic acids is 3. The Bertz CT molecular complexity index is 1140. The normalized spacial score (nSPS) is 13.3. The van der Waals surface area contributed by atoms with Crippen LogP contribution in [0.1, 0.15) is 45.0 Å². The van der Waals surface area contributed by atoms with Crippen molar-refractivity contribution in [1.29, 1.82) is 0 Å². The van der Waals surface area contributed by atoms with Crippen LogP contribution in [0.15, 0.2) is 29.2 Å². The molecule has 2 heterocycles. The molecule has 0 fully saturated rings. The van der Waals surface area contributed by atoms with E-state index >= 15 is 0 Å². The lowest BCUT2D eigenvalue weighted by atomic mass is 10.0. The monoisotopic (exact) mass is 480 g/mol. The Labute approximate surface area is 190 Å². The number of methoxy groups -OCH3 is 1. The second-order valence-electron chi connectivity index (χ2n) is 6.95. The van der Waals surface area contributed by atoms with Crippen molar-refractivity contribution in [2.24, 2.45) is 0 Å². The van der Waals surface area contributed by atoms with Crippen molar-refractivity contribution in [3.8, 4) is 0 Å². The van der Waals surface area contributed by atoms with Gasteiger partial charge in [0.2, 0.25) is 0 Å².